The zero-order valence-corrected chi connectivity index (χ0v) is 18.8. The molecule has 0 atom stereocenters. The van der Waals surface area contributed by atoms with Gasteiger partial charge < -0.3 is 0 Å². The number of rotatable bonds is 2. The summed E-state index contributed by atoms with van der Waals surface area (Å²) in [6.07, 6.45) is 5.11. The van der Waals surface area contributed by atoms with E-state index in [0.717, 1.165) is 19.3 Å². The van der Waals surface area contributed by atoms with Crippen molar-refractivity contribution in [2.75, 3.05) is 0 Å². The fourth-order valence-corrected chi connectivity index (χ4v) is 6.70. The number of benzene rings is 4. The molecule has 0 saturated carbocycles. The quantitative estimate of drug-likeness (QED) is 0.359. The normalized spacial score (nSPS) is 14.2. The summed E-state index contributed by atoms with van der Waals surface area (Å²) < 4.78 is 0. The van der Waals surface area contributed by atoms with Crippen LogP contribution in [0.3, 0.4) is 0 Å². The minimum Gasteiger partial charge on any atom is -0.0985 e. The molecule has 3 aliphatic rings. The fourth-order valence-electron chi connectivity index (χ4n) is 6.70. The van der Waals surface area contributed by atoms with Gasteiger partial charge in [-0.05, 0) is 83.2 Å². The van der Waals surface area contributed by atoms with Crippen LogP contribution in [0.2, 0.25) is 0 Å². The highest BCUT2D eigenvalue weighted by molar-refractivity contribution is 6.98. The van der Waals surface area contributed by atoms with Crippen molar-refractivity contribution in [3.05, 3.63) is 117 Å². The Kier molecular flexibility index (Phi) is 3.63. The summed E-state index contributed by atoms with van der Waals surface area (Å²) in [5, 5.41) is 0. The van der Waals surface area contributed by atoms with Gasteiger partial charge in [0, 0.05) is 0 Å². The van der Waals surface area contributed by atoms with Gasteiger partial charge in [0.15, 0.2) is 0 Å². The molecule has 1 heteroatoms. The average Bonchev–Trinajstić information content (AvgIpc) is 2.78. The first-order valence-corrected chi connectivity index (χ1v) is 11.7. The molecule has 0 bridgehead atoms. The Hall–Kier alpha value is -3.32. The molecule has 7 rings (SSSR count). The largest absolute Gasteiger partial charge is 0.243 e. The van der Waals surface area contributed by atoms with E-state index < -0.39 is 0 Å². The van der Waals surface area contributed by atoms with E-state index in [1.54, 1.807) is 38.6 Å². The molecule has 32 heavy (non-hydrogen) atoms. The van der Waals surface area contributed by atoms with E-state index in [1.807, 2.05) is 6.08 Å². The molecule has 152 valence electrons. The highest BCUT2D eigenvalue weighted by Crippen LogP contribution is 2.33. The van der Waals surface area contributed by atoms with E-state index in [1.165, 1.54) is 38.9 Å². The second kappa shape index (κ2) is 6.36. The van der Waals surface area contributed by atoms with E-state index in [-0.39, 0.29) is 0 Å². The predicted octanol–water partition coefficient (Wildman–Crippen LogP) is 4.84. The summed E-state index contributed by atoms with van der Waals surface area (Å²) in [6, 6.07) is 23.5. The van der Waals surface area contributed by atoms with Gasteiger partial charge in [-0.1, -0.05) is 101 Å². The van der Waals surface area contributed by atoms with Gasteiger partial charge >= 0.3 is 0 Å². The smallest absolute Gasteiger partial charge is 0.0985 e. The van der Waals surface area contributed by atoms with E-state index >= 15 is 0 Å². The van der Waals surface area contributed by atoms with Gasteiger partial charge in [0.1, 0.15) is 0 Å². The third kappa shape index (κ3) is 2.45. The van der Waals surface area contributed by atoms with Crippen LogP contribution in [0.4, 0.5) is 0 Å². The molecule has 0 N–H and O–H groups in total. The lowest BCUT2D eigenvalue weighted by molar-refractivity contribution is 1.08. The van der Waals surface area contributed by atoms with Crippen LogP contribution < -0.4 is 16.4 Å². The highest BCUT2D eigenvalue weighted by Gasteiger charge is 2.42. The predicted molar refractivity (Wildman–Crippen MR) is 137 cm³/mol. The Morgan fingerprint density at radius 1 is 0.594 bits per heavy atom. The number of hydrogen-bond acceptors (Lipinski definition) is 0. The van der Waals surface area contributed by atoms with Crippen molar-refractivity contribution in [3.63, 3.8) is 0 Å². The lowest BCUT2D eigenvalue weighted by Crippen LogP contribution is -2.64. The third-order valence-electron chi connectivity index (χ3n) is 7.83. The monoisotopic (exact) mass is 408 g/mol. The molecule has 0 unspecified atom stereocenters. The molecular formula is C31H25B. The maximum Gasteiger partial charge on any atom is 0.243 e. The van der Waals surface area contributed by atoms with Crippen LogP contribution in [0.15, 0.2) is 67.2 Å². The van der Waals surface area contributed by atoms with Crippen LogP contribution >= 0.6 is 0 Å². The first kappa shape index (κ1) is 18.3. The van der Waals surface area contributed by atoms with Crippen molar-refractivity contribution in [2.45, 2.75) is 33.1 Å². The first-order chi connectivity index (χ1) is 15.6. The summed E-state index contributed by atoms with van der Waals surface area (Å²) in [4.78, 5) is 0. The van der Waals surface area contributed by atoms with Crippen molar-refractivity contribution in [1.29, 1.82) is 0 Å². The van der Waals surface area contributed by atoms with Crippen molar-refractivity contribution in [3.8, 4) is 11.1 Å². The summed E-state index contributed by atoms with van der Waals surface area (Å²) in [5.74, 6) is 0. The molecule has 0 aliphatic carbocycles. The van der Waals surface area contributed by atoms with Crippen LogP contribution in [0.5, 0.6) is 0 Å². The van der Waals surface area contributed by atoms with Gasteiger partial charge in [-0.15, -0.1) is 0 Å². The van der Waals surface area contributed by atoms with Crippen molar-refractivity contribution >= 4 is 29.2 Å². The first-order valence-electron chi connectivity index (χ1n) is 11.7. The van der Waals surface area contributed by atoms with Crippen molar-refractivity contribution < 1.29 is 0 Å². The van der Waals surface area contributed by atoms with Crippen molar-refractivity contribution in [1.82, 2.24) is 0 Å². The Morgan fingerprint density at radius 3 is 1.41 bits per heavy atom. The van der Waals surface area contributed by atoms with E-state index in [4.69, 9.17) is 0 Å². The number of aryl methyl sites for hydroxylation is 2. The second-order valence-corrected chi connectivity index (χ2v) is 9.99. The van der Waals surface area contributed by atoms with Gasteiger partial charge in [0.05, 0.1) is 0 Å². The second-order valence-electron chi connectivity index (χ2n) is 9.99. The third-order valence-corrected chi connectivity index (χ3v) is 7.83. The summed E-state index contributed by atoms with van der Waals surface area (Å²) >= 11 is 0. The highest BCUT2D eigenvalue weighted by atomic mass is 14.3. The summed E-state index contributed by atoms with van der Waals surface area (Å²) in [5.41, 5.74) is 20.7. The zero-order chi connectivity index (χ0) is 21.6. The molecule has 3 aliphatic heterocycles. The van der Waals surface area contributed by atoms with Crippen LogP contribution in [0.25, 0.3) is 17.2 Å². The Balaban J connectivity index is 1.51. The van der Waals surface area contributed by atoms with Crippen LogP contribution in [0.1, 0.15) is 50.1 Å². The molecule has 0 spiro atoms. The Labute approximate surface area is 190 Å². The molecule has 0 amide bonds. The van der Waals surface area contributed by atoms with Crippen LogP contribution in [0, 0.1) is 13.8 Å². The molecule has 0 nitrogen and oxygen atoms in total. The van der Waals surface area contributed by atoms with Crippen LogP contribution in [-0.2, 0) is 19.3 Å². The lowest BCUT2D eigenvalue weighted by atomic mass is 9.28. The standard InChI is InChI=1S/C31H25B/c1-4-20-5-7-21(8-6-20)22-13-27-16-25-11-18(2)9-23-15-24-10-19(3)12-26-17-28(14-22)31(27)32(29(23)25)30(24)26/h4-14H,1,15-17H2,2-3H3. The molecule has 4 aromatic carbocycles. The zero-order valence-electron chi connectivity index (χ0n) is 18.8. The number of hydrogen-bond donors (Lipinski definition) is 0. The fraction of sp³-hybridized carbons (Fsp3) is 0.161. The van der Waals surface area contributed by atoms with E-state index in [2.05, 4.69) is 81.1 Å². The van der Waals surface area contributed by atoms with Gasteiger partial charge in [-0.3, -0.25) is 0 Å². The average molecular weight is 408 g/mol. The molecule has 0 radical (unpaired) electrons. The Bertz CT molecular complexity index is 1390. The van der Waals surface area contributed by atoms with Gasteiger partial charge in [-0.2, -0.15) is 0 Å². The van der Waals surface area contributed by atoms with Gasteiger partial charge in [0.25, 0.3) is 0 Å². The minimum atomic E-state index is 0.421. The molecule has 4 aromatic rings. The van der Waals surface area contributed by atoms with Gasteiger partial charge in [-0.25, -0.2) is 0 Å². The summed E-state index contributed by atoms with van der Waals surface area (Å²) in [6.45, 7) is 8.84. The Morgan fingerprint density at radius 2 is 1.00 bits per heavy atom. The van der Waals surface area contributed by atoms with Crippen LogP contribution in [-0.4, -0.2) is 6.71 Å². The lowest BCUT2D eigenvalue weighted by Gasteiger charge is -2.40. The molecule has 0 saturated heterocycles. The maximum atomic E-state index is 3.90. The summed E-state index contributed by atoms with van der Waals surface area (Å²) in [7, 11) is 0. The van der Waals surface area contributed by atoms with Gasteiger partial charge in [0.2, 0.25) is 6.71 Å². The molecule has 0 fully saturated rings. The minimum absolute atomic E-state index is 0.421. The molecule has 3 heterocycles. The molecule has 0 aromatic heterocycles. The van der Waals surface area contributed by atoms with E-state index in [0.29, 0.717) is 6.71 Å². The van der Waals surface area contributed by atoms with Crippen molar-refractivity contribution in [2.24, 2.45) is 0 Å². The van der Waals surface area contributed by atoms with E-state index in [9.17, 15) is 0 Å². The molecular weight excluding hydrogens is 383 g/mol. The topological polar surface area (TPSA) is 0 Å². The maximum absolute atomic E-state index is 3.90. The SMILES string of the molecule is C=Cc1ccc(-c2cc3c4c(c2)Cc2cc(C)cc5c2B4c2c(cc(C)cc2C3)C5)cc1.